The molecule has 1 atom stereocenters. The number of nitrogens with zero attached hydrogens (tertiary/aromatic N) is 2. The highest BCUT2D eigenvalue weighted by molar-refractivity contribution is 5.96. The topological polar surface area (TPSA) is 119 Å². The number of hydrogen-bond acceptors (Lipinski definition) is 7. The molecule has 4 rings (SSSR count). The molecule has 0 aromatic carbocycles. The minimum atomic E-state index is -0.898. The number of furan rings is 2. The zero-order valence-electron chi connectivity index (χ0n) is 18.3. The summed E-state index contributed by atoms with van der Waals surface area (Å²) < 4.78 is 16.5. The Morgan fingerprint density at radius 3 is 2.00 bits per heavy atom. The molecule has 4 heterocycles. The van der Waals surface area contributed by atoms with Gasteiger partial charge in [0.25, 0.3) is 11.8 Å². The zero-order valence-corrected chi connectivity index (χ0v) is 18.3. The molecule has 0 aliphatic carbocycles. The molecule has 2 N–H and O–H groups in total. The minimum absolute atomic E-state index is 0.104. The number of hydrogen-bond donors (Lipinski definition) is 2. The maximum Gasteiger partial charge on any atom is 0.287 e. The van der Waals surface area contributed by atoms with Crippen LogP contribution < -0.4 is 10.6 Å². The highest BCUT2D eigenvalue weighted by atomic mass is 16.5. The van der Waals surface area contributed by atoms with Gasteiger partial charge in [0.05, 0.1) is 12.1 Å². The molecule has 0 radical (unpaired) electrons. The lowest BCUT2D eigenvalue weighted by molar-refractivity contribution is 0.0733. The number of carbonyl (C=O) groups excluding carboxylic acids is 2. The highest BCUT2D eigenvalue weighted by Gasteiger charge is 2.30. The van der Waals surface area contributed by atoms with Crippen molar-refractivity contribution in [3.63, 3.8) is 0 Å². The molecule has 0 aliphatic rings. The van der Waals surface area contributed by atoms with E-state index in [0.29, 0.717) is 22.2 Å². The largest absolute Gasteiger partial charge is 0.449 e. The van der Waals surface area contributed by atoms with Gasteiger partial charge in [-0.2, -0.15) is 0 Å². The third-order valence-corrected chi connectivity index (χ3v) is 4.99. The van der Waals surface area contributed by atoms with E-state index in [9.17, 15) is 9.59 Å². The molecule has 4 aromatic rings. The number of rotatable bonds is 7. The maximum atomic E-state index is 12.8. The lowest BCUT2D eigenvalue weighted by atomic mass is 10.0. The number of nitrogens with one attached hydrogen (secondary N) is 2. The van der Waals surface area contributed by atoms with E-state index in [4.69, 9.17) is 13.6 Å². The van der Waals surface area contributed by atoms with Crippen LogP contribution in [0.15, 0.2) is 45.2 Å². The van der Waals surface area contributed by atoms with Crippen molar-refractivity contribution < 1.29 is 23.2 Å². The monoisotopic (exact) mass is 436 g/mol. The van der Waals surface area contributed by atoms with Gasteiger partial charge in [-0.05, 0) is 45.0 Å². The van der Waals surface area contributed by atoms with Gasteiger partial charge in [-0.25, -0.2) is 9.97 Å². The number of aromatic nitrogens is 2. The molecule has 0 aliphatic heterocycles. The van der Waals surface area contributed by atoms with Gasteiger partial charge in [-0.15, -0.1) is 0 Å². The second-order valence-corrected chi connectivity index (χ2v) is 8.02. The van der Waals surface area contributed by atoms with Gasteiger partial charge in [-0.1, -0.05) is 0 Å². The summed E-state index contributed by atoms with van der Waals surface area (Å²) in [6.07, 6.45) is 0. The molecule has 0 saturated carbocycles. The molecule has 0 fully saturated rings. The van der Waals surface area contributed by atoms with E-state index < -0.39 is 17.4 Å². The molecule has 166 valence electrons. The smallest absolute Gasteiger partial charge is 0.287 e. The van der Waals surface area contributed by atoms with Gasteiger partial charge in [0.15, 0.2) is 22.7 Å². The predicted molar refractivity (Wildman–Crippen MR) is 118 cm³/mol. The summed E-state index contributed by atoms with van der Waals surface area (Å²) in [6.45, 7) is 5.77. The predicted octanol–water partition coefficient (Wildman–Crippen LogP) is 3.15. The summed E-state index contributed by atoms with van der Waals surface area (Å²) in [6, 6.07) is 10.3. The van der Waals surface area contributed by atoms with Crippen LogP contribution in [0.3, 0.4) is 0 Å². The lowest BCUT2D eigenvalue weighted by Crippen LogP contribution is -2.56. The van der Waals surface area contributed by atoms with Gasteiger partial charge in [0.1, 0.15) is 11.0 Å². The molecule has 0 saturated heterocycles. The Bertz CT molecular complexity index is 1310. The van der Waals surface area contributed by atoms with E-state index in [-0.39, 0.29) is 24.7 Å². The molecule has 32 heavy (non-hydrogen) atoms. The molecule has 2 amide bonds. The maximum absolute atomic E-state index is 12.8. The Balaban J connectivity index is 1.46. The van der Waals surface area contributed by atoms with E-state index in [2.05, 4.69) is 20.6 Å². The fraction of sp³-hybridized carbons (Fsp3) is 0.304. The highest BCUT2D eigenvalue weighted by Crippen LogP contribution is 2.20. The van der Waals surface area contributed by atoms with Gasteiger partial charge in [0.2, 0.25) is 0 Å². The zero-order chi connectivity index (χ0) is 22.9. The third kappa shape index (κ3) is 4.47. The first-order chi connectivity index (χ1) is 15.3. The van der Waals surface area contributed by atoms with E-state index in [1.807, 2.05) is 26.0 Å². The van der Waals surface area contributed by atoms with Gasteiger partial charge >= 0.3 is 0 Å². The number of ether oxygens (including phenoxy) is 1. The van der Waals surface area contributed by atoms with E-state index in [1.54, 1.807) is 31.2 Å². The van der Waals surface area contributed by atoms with Crippen LogP contribution in [0.1, 0.15) is 39.4 Å². The Morgan fingerprint density at radius 2 is 1.47 bits per heavy atom. The second-order valence-electron chi connectivity index (χ2n) is 8.02. The molecule has 9 nitrogen and oxygen atoms in total. The Morgan fingerprint density at radius 1 is 0.938 bits per heavy atom. The van der Waals surface area contributed by atoms with Crippen molar-refractivity contribution in [3.8, 4) is 0 Å². The number of aryl methyl sites for hydroxylation is 2. The number of fused-ring (bicyclic) bond motifs is 2. The van der Waals surface area contributed by atoms with Crippen molar-refractivity contribution in [2.45, 2.75) is 26.3 Å². The Labute approximate surface area is 184 Å². The molecular formula is C23H24N4O5. The van der Waals surface area contributed by atoms with Crippen molar-refractivity contribution in [1.82, 2.24) is 20.6 Å². The molecule has 4 aromatic heterocycles. The molecule has 0 spiro atoms. The van der Waals surface area contributed by atoms with Crippen molar-refractivity contribution in [2.75, 3.05) is 20.3 Å². The minimum Gasteiger partial charge on any atom is -0.449 e. The summed E-state index contributed by atoms with van der Waals surface area (Å²) in [5, 5.41) is 5.68. The van der Waals surface area contributed by atoms with E-state index in [1.165, 1.54) is 7.11 Å². The van der Waals surface area contributed by atoms with E-state index >= 15 is 0 Å². The fourth-order valence-corrected chi connectivity index (χ4v) is 3.42. The van der Waals surface area contributed by atoms with Crippen LogP contribution in [0.5, 0.6) is 0 Å². The average Bonchev–Trinajstić information content (AvgIpc) is 3.35. The SMILES string of the molecule is COC[C@](C)(CNC(=O)c1cc2nc(C)ccc2o1)NC(=O)c1cc2nc(C)ccc2o1. The second kappa shape index (κ2) is 8.43. The van der Waals surface area contributed by atoms with Gasteiger partial charge < -0.3 is 24.2 Å². The summed E-state index contributed by atoms with van der Waals surface area (Å²) in [5.41, 5.74) is 3.02. The van der Waals surface area contributed by atoms with Crippen molar-refractivity contribution >= 4 is 34.0 Å². The number of amides is 2. The van der Waals surface area contributed by atoms with Crippen LogP contribution in [-0.2, 0) is 4.74 Å². The van der Waals surface area contributed by atoms with Crippen LogP contribution in [0.4, 0.5) is 0 Å². The summed E-state index contributed by atoms with van der Waals surface area (Å²) in [7, 11) is 1.52. The first kappa shape index (κ1) is 21.5. The quantitative estimate of drug-likeness (QED) is 0.457. The third-order valence-electron chi connectivity index (χ3n) is 4.99. The van der Waals surface area contributed by atoms with Crippen LogP contribution in [0, 0.1) is 13.8 Å². The van der Waals surface area contributed by atoms with Gasteiger partial charge in [0, 0.05) is 37.2 Å². The normalized spacial score (nSPS) is 13.2. The number of pyridine rings is 2. The Hall–Kier alpha value is -3.72. The summed E-state index contributed by atoms with van der Waals surface area (Å²) in [4.78, 5) is 34.2. The molecule has 0 unspecified atom stereocenters. The fourth-order valence-electron chi connectivity index (χ4n) is 3.42. The number of methoxy groups -OCH3 is 1. The van der Waals surface area contributed by atoms with Crippen LogP contribution in [0.25, 0.3) is 22.2 Å². The summed E-state index contributed by atoms with van der Waals surface area (Å²) in [5.74, 6) is -0.577. The molecule has 9 heteroatoms. The van der Waals surface area contributed by atoms with Crippen LogP contribution >= 0.6 is 0 Å². The summed E-state index contributed by atoms with van der Waals surface area (Å²) >= 11 is 0. The number of carbonyl (C=O) groups is 2. The first-order valence-corrected chi connectivity index (χ1v) is 10.1. The first-order valence-electron chi connectivity index (χ1n) is 10.1. The van der Waals surface area contributed by atoms with Crippen molar-refractivity contribution in [3.05, 3.63) is 59.3 Å². The van der Waals surface area contributed by atoms with E-state index in [0.717, 1.165) is 11.4 Å². The average molecular weight is 436 g/mol. The van der Waals surface area contributed by atoms with Crippen molar-refractivity contribution in [2.24, 2.45) is 0 Å². The van der Waals surface area contributed by atoms with Crippen molar-refractivity contribution in [1.29, 1.82) is 0 Å². The standard InChI is InChI=1S/C23H24N4O5/c1-13-5-7-17-15(25-13)9-19(31-17)21(28)24-11-23(3,12-30-4)27-22(29)20-10-16-18(32-20)8-6-14(2)26-16/h5-10H,11-12H2,1-4H3,(H,24,28)(H,27,29)/t23-/m0/s1. The van der Waals surface area contributed by atoms with Crippen LogP contribution in [0.2, 0.25) is 0 Å². The molecule has 0 bridgehead atoms. The van der Waals surface area contributed by atoms with Gasteiger partial charge in [-0.3, -0.25) is 9.59 Å². The lowest BCUT2D eigenvalue weighted by Gasteiger charge is -2.29. The molecular weight excluding hydrogens is 412 g/mol. The van der Waals surface area contributed by atoms with Crippen LogP contribution in [-0.4, -0.2) is 47.6 Å². The Kier molecular flexibility index (Phi) is 5.67.